The van der Waals surface area contributed by atoms with Gasteiger partial charge in [0, 0.05) is 23.9 Å². The molecule has 8 nitrogen and oxygen atoms in total. The van der Waals surface area contributed by atoms with Gasteiger partial charge >= 0.3 is 18.2 Å². The molecule has 1 aliphatic rings. The van der Waals surface area contributed by atoms with E-state index in [2.05, 4.69) is 5.32 Å². The molecule has 1 aromatic heterocycles. The number of alkyl carbamates (subject to hydrolysis) is 1. The summed E-state index contributed by atoms with van der Waals surface area (Å²) < 4.78 is 6.51. The van der Waals surface area contributed by atoms with Gasteiger partial charge in [-0.05, 0) is 33.9 Å². The number of nitrogens with one attached hydrogen (secondary N) is 1. The van der Waals surface area contributed by atoms with Gasteiger partial charge in [0.1, 0.15) is 12.6 Å². The van der Waals surface area contributed by atoms with Gasteiger partial charge in [-0.3, -0.25) is 4.57 Å². The van der Waals surface area contributed by atoms with Gasteiger partial charge < -0.3 is 20.3 Å². The van der Waals surface area contributed by atoms with Crippen molar-refractivity contribution in [3.8, 4) is 11.1 Å². The third-order valence-corrected chi connectivity index (χ3v) is 6.36. The van der Waals surface area contributed by atoms with Crippen LogP contribution in [0.15, 0.2) is 79.0 Å². The van der Waals surface area contributed by atoms with E-state index in [4.69, 9.17) is 4.74 Å². The van der Waals surface area contributed by atoms with E-state index >= 15 is 0 Å². The van der Waals surface area contributed by atoms with E-state index in [0.29, 0.717) is 16.5 Å². The minimum absolute atomic E-state index is 0.0600. The van der Waals surface area contributed by atoms with Crippen LogP contribution >= 0.6 is 0 Å². The molecule has 3 N–H and O–H groups in total. The molecular formula is C29H28N2O6. The molecule has 1 heterocycles. The number of fused-ring (bicyclic) bond motifs is 4. The molecule has 0 saturated carbocycles. The number of ether oxygens (including phenoxy) is 1. The van der Waals surface area contributed by atoms with Crippen LogP contribution in [0.2, 0.25) is 0 Å². The first-order chi connectivity index (χ1) is 17.9. The van der Waals surface area contributed by atoms with Crippen LogP contribution in [-0.4, -0.2) is 45.6 Å². The molecule has 0 aliphatic heterocycles. The summed E-state index contributed by atoms with van der Waals surface area (Å²) in [6.45, 7) is 4.06. The Labute approximate surface area is 214 Å². The van der Waals surface area contributed by atoms with Crippen molar-refractivity contribution < 1.29 is 29.3 Å². The van der Waals surface area contributed by atoms with Crippen LogP contribution in [-0.2, 0) is 16.0 Å². The van der Waals surface area contributed by atoms with Crippen LogP contribution in [0.3, 0.4) is 0 Å². The Morgan fingerprint density at radius 1 is 0.892 bits per heavy atom. The molecule has 0 spiro atoms. The maximum Gasteiger partial charge on any atom is 0.416 e. The van der Waals surface area contributed by atoms with E-state index in [1.54, 1.807) is 24.3 Å². The number of hydrogen-bond donors (Lipinski definition) is 3. The molecule has 0 saturated heterocycles. The van der Waals surface area contributed by atoms with Crippen LogP contribution in [0.1, 0.15) is 36.5 Å². The van der Waals surface area contributed by atoms with Crippen molar-refractivity contribution >= 4 is 29.1 Å². The number of amides is 1. The monoisotopic (exact) mass is 500 g/mol. The average Bonchev–Trinajstić information content (AvgIpc) is 3.44. The second-order valence-electron chi connectivity index (χ2n) is 8.39. The number of carboxylic acids is 1. The lowest BCUT2D eigenvalue weighted by Crippen LogP contribution is -2.42. The van der Waals surface area contributed by atoms with Gasteiger partial charge in [-0.25, -0.2) is 14.4 Å². The van der Waals surface area contributed by atoms with Crippen molar-refractivity contribution in [2.75, 3.05) is 6.61 Å². The Hall–Kier alpha value is -4.59. The summed E-state index contributed by atoms with van der Waals surface area (Å²) in [5, 5.41) is 22.2. The predicted octanol–water partition coefficient (Wildman–Crippen LogP) is 5.73. The first-order valence-electron chi connectivity index (χ1n) is 12.1. The molecule has 0 fully saturated rings. The molecule has 5 rings (SSSR count). The Balaban J connectivity index is 0.00000156. The van der Waals surface area contributed by atoms with Crippen molar-refractivity contribution in [1.82, 2.24) is 9.88 Å². The highest BCUT2D eigenvalue weighted by Crippen LogP contribution is 2.44. The van der Waals surface area contributed by atoms with Gasteiger partial charge in [0.2, 0.25) is 0 Å². The van der Waals surface area contributed by atoms with Crippen molar-refractivity contribution in [2.45, 2.75) is 32.2 Å². The van der Waals surface area contributed by atoms with Crippen LogP contribution < -0.4 is 5.32 Å². The number of nitrogens with zero attached hydrogens (tertiary/aromatic N) is 1. The van der Waals surface area contributed by atoms with E-state index < -0.39 is 24.2 Å². The average molecular weight is 501 g/mol. The molecule has 1 aliphatic carbocycles. The second kappa shape index (κ2) is 11.0. The maximum absolute atomic E-state index is 12.6. The molecule has 3 aromatic carbocycles. The van der Waals surface area contributed by atoms with Crippen molar-refractivity contribution in [3.63, 3.8) is 0 Å². The third-order valence-electron chi connectivity index (χ3n) is 6.36. The highest BCUT2D eigenvalue weighted by atomic mass is 16.5. The molecule has 1 atom stereocenters. The first kappa shape index (κ1) is 25.5. The lowest BCUT2D eigenvalue weighted by Gasteiger charge is -2.17. The second-order valence-corrected chi connectivity index (χ2v) is 8.39. The zero-order chi connectivity index (χ0) is 26.5. The summed E-state index contributed by atoms with van der Waals surface area (Å²) in [6, 6.07) is 21.4. The number of carbonyl (C=O) groups is 3. The minimum atomic E-state index is -1.29. The smallest absolute Gasteiger partial charge is 0.416 e. The quantitative estimate of drug-likeness (QED) is 0.311. The number of para-hydroxylation sites is 1. The lowest BCUT2D eigenvalue weighted by molar-refractivity contribution is -0.139. The third kappa shape index (κ3) is 5.04. The number of benzene rings is 3. The van der Waals surface area contributed by atoms with Crippen LogP contribution in [0.25, 0.3) is 22.0 Å². The topological polar surface area (TPSA) is 118 Å². The van der Waals surface area contributed by atoms with Crippen LogP contribution in [0.4, 0.5) is 9.59 Å². The summed E-state index contributed by atoms with van der Waals surface area (Å²) in [7, 11) is 0. The number of carboxylic acid groups (broad SMARTS) is 2. The molecule has 0 bridgehead atoms. The predicted molar refractivity (Wildman–Crippen MR) is 140 cm³/mol. The Bertz CT molecular complexity index is 1410. The maximum atomic E-state index is 12.6. The minimum Gasteiger partial charge on any atom is -0.480 e. The summed E-state index contributed by atoms with van der Waals surface area (Å²) in [4.78, 5) is 36.1. The van der Waals surface area contributed by atoms with Gasteiger partial charge in [0.05, 0.1) is 5.52 Å². The molecule has 1 unspecified atom stereocenters. The Morgan fingerprint density at radius 2 is 1.46 bits per heavy atom. The largest absolute Gasteiger partial charge is 0.480 e. The fourth-order valence-corrected chi connectivity index (χ4v) is 4.77. The highest BCUT2D eigenvalue weighted by molar-refractivity contribution is 5.92. The zero-order valence-electron chi connectivity index (χ0n) is 20.5. The first-order valence-corrected chi connectivity index (χ1v) is 12.1. The molecule has 1 amide bonds. The molecule has 8 heteroatoms. The summed E-state index contributed by atoms with van der Waals surface area (Å²) in [6.07, 6.45) is -0.743. The molecule has 4 aromatic rings. The van der Waals surface area contributed by atoms with E-state index in [1.165, 1.54) is 6.20 Å². The zero-order valence-corrected chi connectivity index (χ0v) is 20.5. The van der Waals surface area contributed by atoms with Gasteiger partial charge in [-0.15, -0.1) is 0 Å². The standard InChI is InChI=1S/C27H22N2O6.C2H6/c30-25(31)23(13-16-14-29(27(33)34)24-12-6-5-7-17(16)24)28-26(32)35-15-22-20-10-3-1-8-18(20)19-9-2-4-11-21(19)22;1-2/h1-12,14,22-23H,13,15H2,(H,28,32)(H,30,31)(H,33,34);1-2H3. The number of aromatic nitrogens is 1. The number of carbonyl (C=O) groups excluding carboxylic acids is 1. The summed E-state index contributed by atoms with van der Waals surface area (Å²) >= 11 is 0. The van der Waals surface area contributed by atoms with Crippen molar-refractivity contribution in [3.05, 3.63) is 95.7 Å². The van der Waals surface area contributed by atoms with E-state index in [1.807, 2.05) is 62.4 Å². The fourth-order valence-electron chi connectivity index (χ4n) is 4.77. The lowest BCUT2D eigenvalue weighted by atomic mass is 9.98. The fraction of sp³-hybridized carbons (Fsp3) is 0.207. The Morgan fingerprint density at radius 3 is 2.05 bits per heavy atom. The van der Waals surface area contributed by atoms with Gasteiger partial charge in [-0.1, -0.05) is 80.6 Å². The molecule has 190 valence electrons. The van der Waals surface area contributed by atoms with Crippen molar-refractivity contribution in [2.24, 2.45) is 0 Å². The molecular weight excluding hydrogens is 472 g/mol. The highest BCUT2D eigenvalue weighted by Gasteiger charge is 2.30. The number of hydrogen-bond acceptors (Lipinski definition) is 4. The molecule has 37 heavy (non-hydrogen) atoms. The van der Waals surface area contributed by atoms with Gasteiger partial charge in [0.25, 0.3) is 0 Å². The normalized spacial score (nSPS) is 12.6. The van der Waals surface area contributed by atoms with Crippen LogP contribution in [0, 0.1) is 0 Å². The summed E-state index contributed by atoms with van der Waals surface area (Å²) in [5.74, 6) is -1.39. The Kier molecular flexibility index (Phi) is 7.57. The van der Waals surface area contributed by atoms with E-state index in [0.717, 1.165) is 26.8 Å². The number of rotatable bonds is 6. The van der Waals surface area contributed by atoms with Crippen LogP contribution in [0.5, 0.6) is 0 Å². The van der Waals surface area contributed by atoms with Gasteiger partial charge in [-0.2, -0.15) is 0 Å². The van der Waals surface area contributed by atoms with E-state index in [9.17, 15) is 24.6 Å². The van der Waals surface area contributed by atoms with Crippen molar-refractivity contribution in [1.29, 1.82) is 0 Å². The SMILES string of the molecule is CC.O=C(NC(Cc1cn(C(=O)O)c2ccccc12)C(=O)O)OCC1c2ccccc2-c2ccccc21. The van der Waals surface area contributed by atoms with Gasteiger partial charge in [0.15, 0.2) is 0 Å². The summed E-state index contributed by atoms with van der Waals surface area (Å²) in [5.41, 5.74) is 5.23. The molecule has 0 radical (unpaired) electrons. The number of aliphatic carboxylic acids is 1. The van der Waals surface area contributed by atoms with E-state index in [-0.39, 0.29) is 18.9 Å².